The van der Waals surface area contributed by atoms with E-state index in [2.05, 4.69) is 44.9 Å². The van der Waals surface area contributed by atoms with Gasteiger partial charge >= 0.3 is 0 Å². The molecule has 0 saturated heterocycles. The van der Waals surface area contributed by atoms with Crippen LogP contribution in [0.3, 0.4) is 0 Å². The summed E-state index contributed by atoms with van der Waals surface area (Å²) in [6.07, 6.45) is 5.43. The summed E-state index contributed by atoms with van der Waals surface area (Å²) in [4.78, 5) is 3.60. The third kappa shape index (κ3) is 3.73. The van der Waals surface area contributed by atoms with Crippen LogP contribution in [0.1, 0.15) is 29.3 Å². The number of nitrogens with zero attached hydrogens (tertiary/aromatic N) is 3. The molecule has 0 aliphatic carbocycles. The lowest BCUT2D eigenvalue weighted by Gasteiger charge is -2.25. The predicted molar refractivity (Wildman–Crippen MR) is 113 cm³/mol. The average Bonchev–Trinajstić information content (AvgIpc) is 3.39. The maximum atomic E-state index is 6.22. The zero-order valence-electron chi connectivity index (χ0n) is 15.9. The molecule has 1 unspecified atom stereocenters. The van der Waals surface area contributed by atoms with Crippen molar-refractivity contribution in [1.82, 2.24) is 25.3 Å². The van der Waals surface area contributed by atoms with Crippen molar-refractivity contribution >= 4 is 22.5 Å². The molecule has 0 saturated carbocycles. The number of hydrogen-bond donors (Lipinski definition) is 2. The minimum atomic E-state index is 0.145. The second kappa shape index (κ2) is 7.89. The van der Waals surface area contributed by atoms with Gasteiger partial charge in [0.05, 0.1) is 18.8 Å². The van der Waals surface area contributed by atoms with Gasteiger partial charge in [0.2, 0.25) is 0 Å². The summed E-state index contributed by atoms with van der Waals surface area (Å²) in [6.45, 7) is 2.39. The summed E-state index contributed by atoms with van der Waals surface area (Å²) in [5.41, 5.74) is 4.95. The van der Waals surface area contributed by atoms with Gasteiger partial charge in [0.15, 0.2) is 0 Å². The number of halogens is 1. The predicted octanol–water partition coefficient (Wildman–Crippen LogP) is 4.12. The lowest BCUT2D eigenvalue weighted by Crippen LogP contribution is -2.30. The Labute approximate surface area is 173 Å². The van der Waals surface area contributed by atoms with Crippen LogP contribution in [0.25, 0.3) is 10.9 Å². The van der Waals surface area contributed by atoms with E-state index in [9.17, 15) is 0 Å². The van der Waals surface area contributed by atoms with E-state index in [4.69, 9.17) is 16.3 Å². The molecule has 0 bridgehead atoms. The first-order valence-corrected chi connectivity index (χ1v) is 10.3. The molecular formula is C22H22ClN5O. The molecule has 2 aromatic carbocycles. The van der Waals surface area contributed by atoms with E-state index in [1.807, 2.05) is 29.1 Å². The van der Waals surface area contributed by atoms with Crippen molar-refractivity contribution < 1.29 is 4.74 Å². The molecule has 1 atom stereocenters. The summed E-state index contributed by atoms with van der Waals surface area (Å²) in [5, 5.41) is 13.4. The van der Waals surface area contributed by atoms with Crippen LogP contribution in [0.4, 0.5) is 0 Å². The Balaban J connectivity index is 1.29. The number of H-pyrrole nitrogens is 1. The quantitative estimate of drug-likeness (QED) is 0.472. The van der Waals surface area contributed by atoms with E-state index in [-0.39, 0.29) is 6.04 Å². The lowest BCUT2D eigenvalue weighted by molar-refractivity contribution is 0.298. The van der Waals surface area contributed by atoms with E-state index >= 15 is 0 Å². The number of rotatable bonds is 6. The molecule has 4 aromatic rings. The standard InChI is InChI=1S/C22H22ClN5O/c23-16-4-7-20-19(14-16)18-8-9-24-21(22(18)26-20)15-2-5-17(6-3-15)29-13-1-11-28-12-10-25-27-28/h2-7,10,12,14,21,24,26H,1,8-9,11,13H2. The number of benzene rings is 2. The van der Waals surface area contributed by atoms with Crippen LogP contribution >= 0.6 is 11.6 Å². The molecule has 0 amide bonds. The van der Waals surface area contributed by atoms with Gasteiger partial charge < -0.3 is 15.0 Å². The van der Waals surface area contributed by atoms with Crippen LogP contribution in [0.2, 0.25) is 5.02 Å². The minimum Gasteiger partial charge on any atom is -0.494 e. The Morgan fingerprint density at radius 1 is 1.17 bits per heavy atom. The Kier molecular flexibility index (Phi) is 4.96. The van der Waals surface area contributed by atoms with E-state index < -0.39 is 0 Å². The molecule has 29 heavy (non-hydrogen) atoms. The SMILES string of the molecule is Clc1ccc2[nH]c3c(c2c1)CCNC3c1ccc(OCCCn2ccnn2)cc1. The van der Waals surface area contributed by atoms with Gasteiger partial charge in [-0.15, -0.1) is 5.10 Å². The Bertz CT molecular complexity index is 1100. The van der Waals surface area contributed by atoms with Crippen molar-refractivity contribution in [2.24, 2.45) is 0 Å². The summed E-state index contributed by atoms with van der Waals surface area (Å²) in [7, 11) is 0. The maximum Gasteiger partial charge on any atom is 0.119 e. The Hall–Kier alpha value is -2.83. The average molecular weight is 408 g/mol. The third-order valence-electron chi connectivity index (χ3n) is 5.40. The van der Waals surface area contributed by atoms with Crippen LogP contribution in [-0.2, 0) is 13.0 Å². The number of fused-ring (bicyclic) bond motifs is 3. The molecule has 0 fully saturated rings. The topological polar surface area (TPSA) is 67.8 Å². The molecule has 0 spiro atoms. The van der Waals surface area contributed by atoms with Crippen LogP contribution in [-0.4, -0.2) is 33.1 Å². The molecular weight excluding hydrogens is 386 g/mol. The van der Waals surface area contributed by atoms with Gasteiger partial charge in [-0.05, 0) is 47.9 Å². The second-order valence-electron chi connectivity index (χ2n) is 7.28. The van der Waals surface area contributed by atoms with Crippen molar-refractivity contribution in [2.75, 3.05) is 13.2 Å². The molecule has 3 heterocycles. The molecule has 6 nitrogen and oxygen atoms in total. The van der Waals surface area contributed by atoms with Crippen LogP contribution < -0.4 is 10.1 Å². The highest BCUT2D eigenvalue weighted by molar-refractivity contribution is 6.31. The van der Waals surface area contributed by atoms with Crippen LogP contribution in [0.15, 0.2) is 54.9 Å². The number of aryl methyl sites for hydroxylation is 1. The van der Waals surface area contributed by atoms with Gasteiger partial charge in [-0.2, -0.15) is 0 Å². The van der Waals surface area contributed by atoms with Crippen molar-refractivity contribution in [3.8, 4) is 5.75 Å². The largest absolute Gasteiger partial charge is 0.494 e. The number of aromatic nitrogens is 4. The van der Waals surface area contributed by atoms with E-state index in [0.717, 1.165) is 42.2 Å². The van der Waals surface area contributed by atoms with E-state index in [1.165, 1.54) is 22.2 Å². The normalized spacial score (nSPS) is 16.1. The molecule has 1 aliphatic rings. The highest BCUT2D eigenvalue weighted by atomic mass is 35.5. The summed E-state index contributed by atoms with van der Waals surface area (Å²) in [6, 6.07) is 14.6. The summed E-state index contributed by atoms with van der Waals surface area (Å²) < 4.78 is 7.68. The Morgan fingerprint density at radius 2 is 2.07 bits per heavy atom. The fraction of sp³-hybridized carbons (Fsp3) is 0.273. The van der Waals surface area contributed by atoms with Crippen LogP contribution in [0.5, 0.6) is 5.75 Å². The molecule has 2 aromatic heterocycles. The first-order chi connectivity index (χ1) is 14.3. The number of nitrogens with one attached hydrogen (secondary N) is 2. The van der Waals surface area contributed by atoms with Gasteiger partial charge in [-0.1, -0.05) is 28.9 Å². The molecule has 2 N–H and O–H groups in total. The number of aromatic amines is 1. The molecule has 7 heteroatoms. The third-order valence-corrected chi connectivity index (χ3v) is 5.63. The fourth-order valence-electron chi connectivity index (χ4n) is 4.01. The molecule has 5 rings (SSSR count). The van der Waals surface area contributed by atoms with E-state index in [1.54, 1.807) is 6.20 Å². The van der Waals surface area contributed by atoms with Gasteiger partial charge in [0.25, 0.3) is 0 Å². The van der Waals surface area contributed by atoms with Gasteiger partial charge in [-0.25, -0.2) is 0 Å². The fourth-order valence-corrected chi connectivity index (χ4v) is 4.18. The van der Waals surface area contributed by atoms with Gasteiger partial charge in [-0.3, -0.25) is 4.68 Å². The molecule has 0 radical (unpaired) electrons. The van der Waals surface area contributed by atoms with Crippen molar-refractivity contribution in [1.29, 1.82) is 0 Å². The van der Waals surface area contributed by atoms with Crippen molar-refractivity contribution in [3.05, 3.63) is 76.7 Å². The number of ether oxygens (including phenoxy) is 1. The van der Waals surface area contributed by atoms with Gasteiger partial charge in [0.1, 0.15) is 5.75 Å². The van der Waals surface area contributed by atoms with E-state index in [0.29, 0.717) is 6.61 Å². The zero-order chi connectivity index (χ0) is 19.6. The zero-order valence-corrected chi connectivity index (χ0v) is 16.7. The van der Waals surface area contributed by atoms with Crippen molar-refractivity contribution in [2.45, 2.75) is 25.4 Å². The molecule has 148 valence electrons. The Morgan fingerprint density at radius 3 is 2.90 bits per heavy atom. The lowest BCUT2D eigenvalue weighted by atomic mass is 9.94. The first-order valence-electron chi connectivity index (χ1n) is 9.88. The van der Waals surface area contributed by atoms with Gasteiger partial charge in [0, 0.05) is 47.3 Å². The smallest absolute Gasteiger partial charge is 0.119 e. The first kappa shape index (κ1) is 18.2. The highest BCUT2D eigenvalue weighted by Crippen LogP contribution is 2.35. The monoisotopic (exact) mass is 407 g/mol. The molecule has 1 aliphatic heterocycles. The maximum absolute atomic E-state index is 6.22. The minimum absolute atomic E-state index is 0.145. The van der Waals surface area contributed by atoms with Crippen LogP contribution in [0, 0.1) is 0 Å². The second-order valence-corrected chi connectivity index (χ2v) is 7.72. The number of hydrogen-bond acceptors (Lipinski definition) is 4. The highest BCUT2D eigenvalue weighted by Gasteiger charge is 2.25. The summed E-state index contributed by atoms with van der Waals surface area (Å²) in [5.74, 6) is 0.881. The van der Waals surface area contributed by atoms with Crippen molar-refractivity contribution in [3.63, 3.8) is 0 Å². The summed E-state index contributed by atoms with van der Waals surface area (Å²) >= 11 is 6.22.